The second-order valence-corrected chi connectivity index (χ2v) is 11.3. The van der Waals surface area contributed by atoms with Gasteiger partial charge in [-0.1, -0.05) is 31.6 Å². The summed E-state index contributed by atoms with van der Waals surface area (Å²) in [6.45, 7) is 9.73. The molecule has 2 nitrogen and oxygen atoms in total. The predicted octanol–water partition coefficient (Wildman–Crippen LogP) is 5.28. The zero-order valence-corrected chi connectivity index (χ0v) is 16.9. The first-order valence-corrected chi connectivity index (χ1v) is 11.3. The highest BCUT2D eigenvalue weighted by atomic mass is 16.1. The molecule has 0 heterocycles. The van der Waals surface area contributed by atoms with E-state index in [0.29, 0.717) is 28.8 Å². The molecule has 6 aliphatic carbocycles. The first-order chi connectivity index (χ1) is 12.8. The molecule has 7 atom stereocenters. The van der Waals surface area contributed by atoms with Gasteiger partial charge in [-0.3, -0.25) is 9.59 Å². The van der Waals surface area contributed by atoms with E-state index in [2.05, 4.69) is 19.9 Å². The van der Waals surface area contributed by atoms with Crippen molar-refractivity contribution in [1.82, 2.24) is 0 Å². The Kier molecular flexibility index (Phi) is 3.02. The lowest BCUT2D eigenvalue weighted by atomic mass is 9.30. The van der Waals surface area contributed by atoms with Gasteiger partial charge >= 0.3 is 0 Å². The number of rotatable bonds is 0. The van der Waals surface area contributed by atoms with Crippen LogP contribution in [0, 0.1) is 45.8 Å². The predicted molar refractivity (Wildman–Crippen MR) is 105 cm³/mol. The minimum Gasteiger partial charge on any atom is -0.300 e. The van der Waals surface area contributed by atoms with Crippen molar-refractivity contribution in [3.05, 3.63) is 23.8 Å². The van der Waals surface area contributed by atoms with Crippen LogP contribution in [-0.4, -0.2) is 11.6 Å². The Labute approximate surface area is 162 Å². The van der Waals surface area contributed by atoms with Crippen molar-refractivity contribution in [2.24, 2.45) is 45.8 Å². The number of hydrogen-bond donors (Lipinski definition) is 0. The van der Waals surface area contributed by atoms with Gasteiger partial charge in [0.15, 0.2) is 5.78 Å². The average molecular weight is 365 g/mol. The number of ketones is 2. The van der Waals surface area contributed by atoms with Crippen LogP contribution in [0.15, 0.2) is 23.8 Å². The molecule has 144 valence electrons. The van der Waals surface area contributed by atoms with E-state index in [0.717, 1.165) is 56.3 Å². The van der Waals surface area contributed by atoms with Gasteiger partial charge in [0.25, 0.3) is 0 Å². The lowest BCUT2D eigenvalue weighted by Crippen LogP contribution is -2.67. The molecule has 0 aromatic carbocycles. The Morgan fingerprint density at radius 2 is 1.78 bits per heavy atom. The van der Waals surface area contributed by atoms with Crippen LogP contribution in [0.1, 0.15) is 71.6 Å². The fourth-order valence-electron chi connectivity index (χ4n) is 9.20. The molecule has 5 fully saturated rings. The maximum atomic E-state index is 12.1. The monoisotopic (exact) mass is 364 g/mol. The average Bonchev–Trinajstić information content (AvgIpc) is 3.44. The van der Waals surface area contributed by atoms with Crippen LogP contribution in [0.5, 0.6) is 0 Å². The van der Waals surface area contributed by atoms with Gasteiger partial charge in [0.05, 0.1) is 0 Å². The molecule has 27 heavy (non-hydrogen) atoms. The van der Waals surface area contributed by atoms with Gasteiger partial charge in [0.1, 0.15) is 5.78 Å². The van der Waals surface area contributed by atoms with Crippen LogP contribution in [0.3, 0.4) is 0 Å². The van der Waals surface area contributed by atoms with Crippen molar-refractivity contribution in [1.29, 1.82) is 0 Å². The highest BCUT2D eigenvalue weighted by molar-refractivity contribution is 5.92. The second-order valence-electron chi connectivity index (χ2n) is 11.3. The quantitative estimate of drug-likeness (QED) is 0.548. The van der Waals surface area contributed by atoms with Gasteiger partial charge in [0.2, 0.25) is 0 Å². The van der Waals surface area contributed by atoms with Crippen LogP contribution in [0.4, 0.5) is 0 Å². The lowest BCUT2D eigenvalue weighted by molar-refractivity contribution is -0.175. The molecule has 0 radical (unpaired) electrons. The van der Waals surface area contributed by atoms with Crippen molar-refractivity contribution in [2.45, 2.75) is 71.6 Å². The van der Waals surface area contributed by atoms with Gasteiger partial charge < -0.3 is 0 Å². The zero-order chi connectivity index (χ0) is 18.8. The maximum absolute atomic E-state index is 12.1. The van der Waals surface area contributed by atoms with Gasteiger partial charge in [0, 0.05) is 19.3 Å². The molecule has 0 aromatic rings. The second kappa shape index (κ2) is 4.86. The van der Waals surface area contributed by atoms with Crippen molar-refractivity contribution in [2.75, 3.05) is 0 Å². The van der Waals surface area contributed by atoms with E-state index in [1.807, 2.05) is 0 Å². The lowest BCUT2D eigenvalue weighted by Gasteiger charge is -2.73. The largest absolute Gasteiger partial charge is 0.300 e. The summed E-state index contributed by atoms with van der Waals surface area (Å²) in [6, 6.07) is 0. The number of fused-ring (bicyclic) bond motifs is 9. The van der Waals surface area contributed by atoms with E-state index in [4.69, 9.17) is 6.58 Å². The van der Waals surface area contributed by atoms with Gasteiger partial charge in [-0.2, -0.15) is 0 Å². The van der Waals surface area contributed by atoms with Crippen molar-refractivity contribution < 1.29 is 9.59 Å². The summed E-state index contributed by atoms with van der Waals surface area (Å²) < 4.78 is 0. The summed E-state index contributed by atoms with van der Waals surface area (Å²) in [6.07, 6.45) is 11.4. The molecule has 0 amide bonds. The summed E-state index contributed by atoms with van der Waals surface area (Å²) >= 11 is 0. The third-order valence-electron chi connectivity index (χ3n) is 10.7. The van der Waals surface area contributed by atoms with Gasteiger partial charge in [-0.25, -0.2) is 0 Å². The number of Topliss-reactive ketones (excluding diaryl/α,β-unsaturated/α-hetero) is 1. The molecular weight excluding hydrogens is 332 g/mol. The van der Waals surface area contributed by atoms with E-state index < -0.39 is 0 Å². The van der Waals surface area contributed by atoms with Crippen molar-refractivity contribution >= 4 is 11.6 Å². The summed E-state index contributed by atoms with van der Waals surface area (Å²) in [4.78, 5) is 24.0. The summed E-state index contributed by atoms with van der Waals surface area (Å²) in [7, 11) is 0. The highest BCUT2D eigenvalue weighted by Crippen LogP contribution is 2.81. The van der Waals surface area contributed by atoms with Gasteiger partial charge in [-0.05, 0) is 90.4 Å². The molecule has 6 aliphatic rings. The summed E-state index contributed by atoms with van der Waals surface area (Å²) in [5.74, 6) is 4.48. The molecule has 0 saturated heterocycles. The van der Waals surface area contributed by atoms with E-state index in [1.54, 1.807) is 0 Å². The minimum atomic E-state index is 0.250. The van der Waals surface area contributed by atoms with E-state index in [1.165, 1.54) is 30.4 Å². The maximum Gasteiger partial charge on any atom is 0.155 e. The molecule has 2 heteroatoms. The molecule has 3 unspecified atom stereocenters. The van der Waals surface area contributed by atoms with Crippen LogP contribution in [0.25, 0.3) is 0 Å². The van der Waals surface area contributed by atoms with Crippen LogP contribution >= 0.6 is 0 Å². The van der Waals surface area contributed by atoms with Crippen molar-refractivity contribution in [3.63, 3.8) is 0 Å². The molecule has 0 N–H and O–H groups in total. The summed E-state index contributed by atoms with van der Waals surface area (Å²) in [5.41, 5.74) is 3.90. The Hall–Kier alpha value is -1.18. The highest BCUT2D eigenvalue weighted by Gasteiger charge is 2.74. The first-order valence-electron chi connectivity index (χ1n) is 11.3. The third kappa shape index (κ3) is 1.75. The molecule has 5 saturated carbocycles. The normalized spacial score (nSPS) is 52.1. The smallest absolute Gasteiger partial charge is 0.155 e. The van der Waals surface area contributed by atoms with E-state index >= 15 is 0 Å². The number of carbonyl (C=O) groups is 2. The zero-order valence-electron chi connectivity index (χ0n) is 16.9. The number of hydrogen-bond acceptors (Lipinski definition) is 2. The Morgan fingerprint density at radius 1 is 1.04 bits per heavy atom. The van der Waals surface area contributed by atoms with Crippen LogP contribution < -0.4 is 0 Å². The minimum absolute atomic E-state index is 0.250. The van der Waals surface area contributed by atoms with Crippen LogP contribution in [-0.2, 0) is 9.59 Å². The Balaban J connectivity index is 1.39. The molecule has 0 bridgehead atoms. The standard InChI is InChI=1S/C25H32O2/c1-14-22-21-18-13-17(18)20-12-16(27)4-8-23(20,2)19(21)7-9-24(22,3)25(14)10-5-15(26)6-11-25/h12,17-19,21-22H,1,4-11,13H2,2-3H3/t17-,18+,19?,21?,22?,23-,24+/m1/s1. The van der Waals surface area contributed by atoms with Crippen molar-refractivity contribution in [3.8, 4) is 0 Å². The fraction of sp³-hybridized carbons (Fsp3) is 0.760. The van der Waals surface area contributed by atoms with Gasteiger partial charge in [-0.15, -0.1) is 0 Å². The fourth-order valence-corrected chi connectivity index (χ4v) is 9.20. The molecular formula is C25H32O2. The molecule has 0 aromatic heterocycles. The number of carbonyl (C=O) groups excluding carboxylic acids is 2. The first kappa shape index (κ1) is 16.7. The third-order valence-corrected chi connectivity index (χ3v) is 10.7. The van der Waals surface area contributed by atoms with E-state index in [-0.39, 0.29) is 10.8 Å². The summed E-state index contributed by atoms with van der Waals surface area (Å²) in [5, 5.41) is 0. The molecule has 1 spiro atoms. The topological polar surface area (TPSA) is 34.1 Å². The molecule has 6 rings (SSSR count). The Bertz CT molecular complexity index is 808. The van der Waals surface area contributed by atoms with E-state index in [9.17, 15) is 9.59 Å². The SMILES string of the molecule is C=C1C2C3C(CC[C@]2(C)C12CCC(=O)CC2)[C@@]1(C)CCC(=O)C=C1[C@@H]1C[C@H]31. The van der Waals surface area contributed by atoms with Crippen LogP contribution in [0.2, 0.25) is 0 Å². The number of allylic oxidation sites excluding steroid dienone is 3. The Morgan fingerprint density at radius 3 is 2.52 bits per heavy atom. The molecule has 0 aliphatic heterocycles.